The van der Waals surface area contributed by atoms with Crippen LogP contribution in [0.2, 0.25) is 0 Å². The molecule has 0 unspecified atom stereocenters. The molecule has 3 heteroatoms. The fourth-order valence-electron chi connectivity index (χ4n) is 1.51. The average molecular weight is 222 g/mol. The lowest BCUT2D eigenvalue weighted by Crippen LogP contribution is -2.07. The van der Waals surface area contributed by atoms with E-state index in [-0.39, 0.29) is 6.61 Å². The van der Waals surface area contributed by atoms with Crippen LogP contribution in [0.5, 0.6) is 0 Å². The van der Waals surface area contributed by atoms with Gasteiger partial charge in [0.05, 0.1) is 0 Å². The second-order valence-corrected chi connectivity index (χ2v) is 3.74. The average Bonchev–Trinajstić information content (AvgIpc) is 2.29. The van der Waals surface area contributed by atoms with Crippen LogP contribution in [-0.4, -0.2) is 24.3 Å². The Morgan fingerprint density at radius 3 is 2.56 bits per heavy atom. The molecule has 1 aromatic carbocycles. The molecule has 0 aliphatic carbocycles. The van der Waals surface area contributed by atoms with Gasteiger partial charge in [0.15, 0.2) is 0 Å². The van der Waals surface area contributed by atoms with Crippen molar-refractivity contribution in [2.24, 2.45) is 0 Å². The summed E-state index contributed by atoms with van der Waals surface area (Å²) in [5, 5.41) is 8.34. The summed E-state index contributed by atoms with van der Waals surface area (Å²) >= 11 is 0. The number of carboxylic acids is 1. The number of aryl methyl sites for hydroxylation is 1. The van der Waals surface area contributed by atoms with Gasteiger partial charge in [0, 0.05) is 6.61 Å². The molecule has 1 N–H and O–H groups in total. The molecule has 0 amide bonds. The van der Waals surface area contributed by atoms with Gasteiger partial charge in [-0.2, -0.15) is 0 Å². The number of carboxylic acid groups (broad SMARTS) is 1. The van der Waals surface area contributed by atoms with Gasteiger partial charge in [0.2, 0.25) is 0 Å². The molecule has 0 saturated heterocycles. The van der Waals surface area contributed by atoms with E-state index in [4.69, 9.17) is 9.84 Å². The first-order valence-corrected chi connectivity index (χ1v) is 5.62. The highest BCUT2D eigenvalue weighted by atomic mass is 16.5. The van der Waals surface area contributed by atoms with Crippen LogP contribution in [0.1, 0.15) is 24.8 Å². The third kappa shape index (κ3) is 6.19. The Labute approximate surface area is 96.1 Å². The van der Waals surface area contributed by atoms with Crippen LogP contribution in [0.3, 0.4) is 0 Å². The van der Waals surface area contributed by atoms with Crippen molar-refractivity contribution in [3.63, 3.8) is 0 Å². The van der Waals surface area contributed by atoms with Crippen molar-refractivity contribution in [2.45, 2.75) is 25.7 Å². The monoisotopic (exact) mass is 222 g/mol. The van der Waals surface area contributed by atoms with Gasteiger partial charge in [-0.1, -0.05) is 36.8 Å². The van der Waals surface area contributed by atoms with Crippen molar-refractivity contribution in [3.05, 3.63) is 35.9 Å². The molecule has 0 aromatic heterocycles. The molecule has 0 fully saturated rings. The maximum Gasteiger partial charge on any atom is 0.329 e. The molecular formula is C13H18O3. The van der Waals surface area contributed by atoms with E-state index in [1.54, 1.807) is 0 Å². The summed E-state index contributed by atoms with van der Waals surface area (Å²) in [5.74, 6) is -0.899. The maximum absolute atomic E-state index is 10.1. The Morgan fingerprint density at radius 2 is 1.88 bits per heavy atom. The normalized spacial score (nSPS) is 10.2. The molecule has 16 heavy (non-hydrogen) atoms. The number of hydrogen-bond acceptors (Lipinski definition) is 2. The maximum atomic E-state index is 10.1. The molecule has 0 atom stereocenters. The third-order valence-electron chi connectivity index (χ3n) is 2.32. The van der Waals surface area contributed by atoms with Crippen LogP contribution in [0.25, 0.3) is 0 Å². The Morgan fingerprint density at radius 1 is 1.12 bits per heavy atom. The van der Waals surface area contributed by atoms with E-state index in [2.05, 4.69) is 12.1 Å². The van der Waals surface area contributed by atoms with Crippen LogP contribution in [0.15, 0.2) is 30.3 Å². The van der Waals surface area contributed by atoms with E-state index >= 15 is 0 Å². The van der Waals surface area contributed by atoms with Crippen LogP contribution < -0.4 is 0 Å². The predicted octanol–water partition coefficient (Wildman–Crippen LogP) is 2.50. The molecule has 0 bridgehead atoms. The van der Waals surface area contributed by atoms with E-state index in [0.717, 1.165) is 25.7 Å². The van der Waals surface area contributed by atoms with Gasteiger partial charge in [-0.3, -0.25) is 0 Å². The van der Waals surface area contributed by atoms with Gasteiger partial charge < -0.3 is 9.84 Å². The lowest BCUT2D eigenvalue weighted by molar-refractivity contribution is -0.142. The first-order valence-electron chi connectivity index (χ1n) is 5.62. The number of unbranched alkanes of at least 4 members (excludes halogenated alkanes) is 2. The Balaban J connectivity index is 1.94. The number of benzene rings is 1. The summed E-state index contributed by atoms with van der Waals surface area (Å²) in [6.45, 7) is 0.361. The van der Waals surface area contributed by atoms with E-state index in [1.807, 2.05) is 18.2 Å². The van der Waals surface area contributed by atoms with Gasteiger partial charge in [-0.25, -0.2) is 4.79 Å². The van der Waals surface area contributed by atoms with Crippen LogP contribution >= 0.6 is 0 Å². The quantitative estimate of drug-likeness (QED) is 0.687. The first-order chi connectivity index (χ1) is 7.79. The standard InChI is InChI=1S/C13H18O3/c14-13(15)11-16-10-6-2-5-9-12-7-3-1-4-8-12/h1,3-4,7-8H,2,5-6,9-11H2,(H,14,15). The zero-order valence-electron chi connectivity index (χ0n) is 9.39. The van der Waals surface area contributed by atoms with Crippen molar-refractivity contribution >= 4 is 5.97 Å². The van der Waals surface area contributed by atoms with Crippen molar-refractivity contribution in [3.8, 4) is 0 Å². The van der Waals surface area contributed by atoms with Gasteiger partial charge in [-0.15, -0.1) is 0 Å². The summed E-state index contributed by atoms with van der Waals surface area (Å²) in [6, 6.07) is 10.4. The molecule has 0 aliphatic heterocycles. The highest BCUT2D eigenvalue weighted by Gasteiger charge is 1.96. The van der Waals surface area contributed by atoms with Crippen LogP contribution in [-0.2, 0) is 16.0 Å². The number of rotatable bonds is 8. The Hall–Kier alpha value is -1.35. The predicted molar refractivity (Wildman–Crippen MR) is 62.5 cm³/mol. The van der Waals surface area contributed by atoms with Crippen LogP contribution in [0, 0.1) is 0 Å². The van der Waals surface area contributed by atoms with E-state index in [9.17, 15) is 4.79 Å². The Bertz CT molecular complexity index is 295. The van der Waals surface area contributed by atoms with E-state index < -0.39 is 5.97 Å². The molecule has 0 spiro atoms. The Kier molecular flexibility index (Phi) is 6.26. The zero-order chi connectivity index (χ0) is 11.6. The molecule has 1 aromatic rings. The molecule has 0 saturated carbocycles. The number of carbonyl (C=O) groups is 1. The smallest absolute Gasteiger partial charge is 0.329 e. The minimum Gasteiger partial charge on any atom is -0.480 e. The molecular weight excluding hydrogens is 204 g/mol. The topological polar surface area (TPSA) is 46.5 Å². The molecule has 3 nitrogen and oxygen atoms in total. The summed E-state index contributed by atoms with van der Waals surface area (Å²) in [4.78, 5) is 10.1. The fourth-order valence-corrected chi connectivity index (χ4v) is 1.51. The minimum atomic E-state index is -0.899. The SMILES string of the molecule is O=C(O)COCCCCCc1ccccc1. The lowest BCUT2D eigenvalue weighted by Gasteiger charge is -2.02. The minimum absolute atomic E-state index is 0.182. The largest absolute Gasteiger partial charge is 0.480 e. The molecule has 0 heterocycles. The van der Waals surface area contributed by atoms with Gasteiger partial charge in [0.25, 0.3) is 0 Å². The van der Waals surface area contributed by atoms with Crippen molar-refractivity contribution in [2.75, 3.05) is 13.2 Å². The second kappa shape index (κ2) is 7.88. The number of aliphatic carboxylic acids is 1. The van der Waals surface area contributed by atoms with Crippen molar-refractivity contribution in [1.82, 2.24) is 0 Å². The highest BCUT2D eigenvalue weighted by molar-refractivity contribution is 5.67. The molecule has 88 valence electrons. The molecule has 1 rings (SSSR count). The summed E-state index contributed by atoms with van der Waals surface area (Å²) in [5.41, 5.74) is 1.36. The lowest BCUT2D eigenvalue weighted by atomic mass is 10.1. The first kappa shape index (κ1) is 12.7. The van der Waals surface area contributed by atoms with Crippen molar-refractivity contribution < 1.29 is 14.6 Å². The summed E-state index contributed by atoms with van der Waals surface area (Å²) < 4.78 is 4.95. The fraction of sp³-hybridized carbons (Fsp3) is 0.462. The molecule has 0 radical (unpaired) electrons. The highest BCUT2D eigenvalue weighted by Crippen LogP contribution is 2.06. The zero-order valence-corrected chi connectivity index (χ0v) is 9.39. The number of ether oxygens (including phenoxy) is 1. The second-order valence-electron chi connectivity index (χ2n) is 3.74. The van der Waals surface area contributed by atoms with Crippen LogP contribution in [0.4, 0.5) is 0 Å². The van der Waals surface area contributed by atoms with E-state index in [1.165, 1.54) is 5.56 Å². The number of hydrogen-bond donors (Lipinski definition) is 1. The summed E-state index contributed by atoms with van der Waals surface area (Å²) in [6.07, 6.45) is 4.22. The van der Waals surface area contributed by atoms with Gasteiger partial charge >= 0.3 is 5.97 Å². The van der Waals surface area contributed by atoms with Gasteiger partial charge in [-0.05, 0) is 24.8 Å². The summed E-state index contributed by atoms with van der Waals surface area (Å²) in [7, 11) is 0. The third-order valence-corrected chi connectivity index (χ3v) is 2.32. The van der Waals surface area contributed by atoms with Crippen molar-refractivity contribution in [1.29, 1.82) is 0 Å². The van der Waals surface area contributed by atoms with E-state index in [0.29, 0.717) is 6.61 Å². The molecule has 0 aliphatic rings. The van der Waals surface area contributed by atoms with Gasteiger partial charge in [0.1, 0.15) is 6.61 Å².